The highest BCUT2D eigenvalue weighted by atomic mass is 16.3. The van der Waals surface area contributed by atoms with E-state index in [1.54, 1.807) is 0 Å². The summed E-state index contributed by atoms with van der Waals surface area (Å²) in [7, 11) is 0. The lowest BCUT2D eigenvalue weighted by Crippen LogP contribution is -2.40. The molecule has 0 spiro atoms. The summed E-state index contributed by atoms with van der Waals surface area (Å²) in [6.07, 6.45) is 4.99. The number of aromatic nitrogens is 1. The third kappa shape index (κ3) is 5.82. The van der Waals surface area contributed by atoms with Crippen molar-refractivity contribution in [1.82, 2.24) is 4.57 Å². The van der Waals surface area contributed by atoms with Gasteiger partial charge >= 0.3 is 0 Å². The van der Waals surface area contributed by atoms with Crippen LogP contribution in [0.4, 0.5) is 0 Å². The van der Waals surface area contributed by atoms with Crippen LogP contribution in [0.1, 0.15) is 61.3 Å². The Kier molecular flexibility index (Phi) is 7.61. The summed E-state index contributed by atoms with van der Waals surface area (Å²) in [6.45, 7) is 4.65. The van der Waals surface area contributed by atoms with Crippen molar-refractivity contribution < 1.29 is 9.90 Å². The van der Waals surface area contributed by atoms with Crippen LogP contribution in [0.5, 0.6) is 0 Å². The standard InChI is InChI=1S/C22H32N2O2/c1-3-24-19(15-16-22(2,23)17-25)13-14-20(24)21(26)12-8-7-11-18-9-5-4-6-10-18/h4-6,9-10,13-14,25H,3,7-8,11-12,15-17,23H2,1-2H3/t22-/m1/s1. The maximum atomic E-state index is 12.6. The lowest BCUT2D eigenvalue weighted by Gasteiger charge is -2.22. The summed E-state index contributed by atoms with van der Waals surface area (Å²) >= 11 is 0. The number of rotatable bonds is 11. The fourth-order valence-electron chi connectivity index (χ4n) is 3.23. The number of unbranched alkanes of at least 4 members (excludes halogenated alkanes) is 1. The molecule has 0 amide bonds. The number of carbonyl (C=O) groups excluding carboxylic acids is 1. The average molecular weight is 357 g/mol. The smallest absolute Gasteiger partial charge is 0.179 e. The molecule has 0 aliphatic heterocycles. The first kappa shape index (κ1) is 20.4. The number of hydrogen-bond donors (Lipinski definition) is 2. The number of aryl methyl sites for hydroxylation is 2. The molecule has 0 saturated heterocycles. The van der Waals surface area contributed by atoms with Gasteiger partial charge in [0.25, 0.3) is 0 Å². The molecule has 0 unspecified atom stereocenters. The second kappa shape index (κ2) is 9.70. The third-order valence-corrected chi connectivity index (χ3v) is 4.95. The van der Waals surface area contributed by atoms with E-state index in [0.29, 0.717) is 12.8 Å². The van der Waals surface area contributed by atoms with Crippen molar-refractivity contribution >= 4 is 5.78 Å². The van der Waals surface area contributed by atoms with Gasteiger partial charge in [-0.1, -0.05) is 30.3 Å². The number of nitrogens with zero attached hydrogens (tertiary/aromatic N) is 1. The van der Waals surface area contributed by atoms with Crippen molar-refractivity contribution in [2.75, 3.05) is 6.61 Å². The van der Waals surface area contributed by atoms with E-state index in [9.17, 15) is 9.90 Å². The summed E-state index contributed by atoms with van der Waals surface area (Å²) < 4.78 is 2.09. The van der Waals surface area contributed by atoms with Crippen molar-refractivity contribution in [3.05, 3.63) is 59.4 Å². The second-order valence-corrected chi connectivity index (χ2v) is 7.38. The van der Waals surface area contributed by atoms with Crippen LogP contribution in [-0.2, 0) is 19.4 Å². The zero-order chi connectivity index (χ0) is 19.0. The molecule has 3 N–H and O–H groups in total. The molecule has 0 saturated carbocycles. The van der Waals surface area contributed by atoms with E-state index in [0.717, 1.165) is 43.6 Å². The van der Waals surface area contributed by atoms with Crippen LogP contribution < -0.4 is 5.73 Å². The Morgan fingerprint density at radius 1 is 1.12 bits per heavy atom. The SMILES string of the molecule is CCn1c(CC[C@@](C)(N)CO)ccc1C(=O)CCCCc1ccccc1. The molecule has 2 aromatic rings. The van der Waals surface area contributed by atoms with Gasteiger partial charge in [0, 0.05) is 24.2 Å². The number of ketones is 1. The Labute approximate surface area is 157 Å². The fourth-order valence-corrected chi connectivity index (χ4v) is 3.23. The molecule has 0 aliphatic carbocycles. The largest absolute Gasteiger partial charge is 0.394 e. The van der Waals surface area contributed by atoms with Gasteiger partial charge in [-0.2, -0.15) is 0 Å². The molecule has 0 fully saturated rings. The molecule has 4 nitrogen and oxygen atoms in total. The highest BCUT2D eigenvalue weighted by molar-refractivity contribution is 5.94. The van der Waals surface area contributed by atoms with E-state index in [-0.39, 0.29) is 12.4 Å². The molecule has 2 rings (SSSR count). The fraction of sp³-hybridized carbons (Fsp3) is 0.500. The molecular formula is C22H32N2O2. The van der Waals surface area contributed by atoms with Gasteiger partial charge in [-0.05, 0) is 63.6 Å². The first-order valence-corrected chi connectivity index (χ1v) is 9.62. The van der Waals surface area contributed by atoms with Crippen LogP contribution in [0.2, 0.25) is 0 Å². The third-order valence-electron chi connectivity index (χ3n) is 4.95. The molecule has 0 radical (unpaired) electrons. The monoisotopic (exact) mass is 356 g/mol. The molecule has 26 heavy (non-hydrogen) atoms. The number of benzene rings is 1. The lowest BCUT2D eigenvalue weighted by molar-refractivity contribution is 0.0970. The van der Waals surface area contributed by atoms with Crippen LogP contribution in [0.15, 0.2) is 42.5 Å². The Hall–Kier alpha value is -1.91. The number of aliphatic hydroxyl groups excluding tert-OH is 1. The summed E-state index contributed by atoms with van der Waals surface area (Å²) in [5.74, 6) is 0.212. The van der Waals surface area contributed by atoms with E-state index >= 15 is 0 Å². The second-order valence-electron chi connectivity index (χ2n) is 7.38. The summed E-state index contributed by atoms with van der Waals surface area (Å²) in [6, 6.07) is 14.4. The molecule has 4 heteroatoms. The first-order valence-electron chi connectivity index (χ1n) is 9.62. The quantitative estimate of drug-likeness (QED) is 0.476. The van der Waals surface area contributed by atoms with Crippen LogP contribution in [-0.4, -0.2) is 27.6 Å². The topological polar surface area (TPSA) is 68.2 Å². The maximum absolute atomic E-state index is 12.6. The number of aliphatic hydroxyl groups is 1. The summed E-state index contributed by atoms with van der Waals surface area (Å²) in [5.41, 5.74) is 8.68. The van der Waals surface area contributed by atoms with E-state index in [1.165, 1.54) is 5.56 Å². The van der Waals surface area contributed by atoms with Gasteiger partial charge in [0.05, 0.1) is 12.3 Å². The molecule has 1 atom stereocenters. The van der Waals surface area contributed by atoms with Crippen molar-refractivity contribution in [3.8, 4) is 0 Å². The number of nitrogens with two attached hydrogens (primary N) is 1. The van der Waals surface area contributed by atoms with E-state index in [1.807, 2.05) is 25.1 Å². The minimum Gasteiger partial charge on any atom is -0.394 e. The van der Waals surface area contributed by atoms with Crippen LogP contribution >= 0.6 is 0 Å². The van der Waals surface area contributed by atoms with E-state index in [2.05, 4.69) is 35.8 Å². The Morgan fingerprint density at radius 3 is 2.50 bits per heavy atom. The van der Waals surface area contributed by atoms with Gasteiger partial charge in [0.2, 0.25) is 0 Å². The molecule has 142 valence electrons. The van der Waals surface area contributed by atoms with E-state index < -0.39 is 5.54 Å². The van der Waals surface area contributed by atoms with Crippen molar-refractivity contribution in [1.29, 1.82) is 0 Å². The van der Waals surface area contributed by atoms with Gasteiger partial charge in [-0.25, -0.2) is 0 Å². The molecule has 1 aromatic heterocycles. The molecule has 1 aromatic carbocycles. The van der Waals surface area contributed by atoms with Gasteiger partial charge in [-0.3, -0.25) is 4.79 Å². The zero-order valence-corrected chi connectivity index (χ0v) is 16.1. The Balaban J connectivity index is 1.88. The molecule has 1 heterocycles. The van der Waals surface area contributed by atoms with Gasteiger partial charge in [0.1, 0.15) is 0 Å². The number of carbonyl (C=O) groups is 1. The normalized spacial score (nSPS) is 13.5. The van der Waals surface area contributed by atoms with Gasteiger partial charge in [0.15, 0.2) is 5.78 Å². The average Bonchev–Trinajstić information content (AvgIpc) is 3.07. The van der Waals surface area contributed by atoms with E-state index in [4.69, 9.17) is 5.73 Å². The van der Waals surface area contributed by atoms with Crippen molar-refractivity contribution in [3.63, 3.8) is 0 Å². The highest BCUT2D eigenvalue weighted by Crippen LogP contribution is 2.18. The predicted molar refractivity (Wildman–Crippen MR) is 106 cm³/mol. The maximum Gasteiger partial charge on any atom is 0.179 e. The zero-order valence-electron chi connectivity index (χ0n) is 16.1. The van der Waals surface area contributed by atoms with Crippen LogP contribution in [0.3, 0.4) is 0 Å². The van der Waals surface area contributed by atoms with Crippen molar-refractivity contribution in [2.45, 2.75) is 64.5 Å². The van der Waals surface area contributed by atoms with Gasteiger partial charge in [-0.15, -0.1) is 0 Å². The Morgan fingerprint density at radius 2 is 1.85 bits per heavy atom. The lowest BCUT2D eigenvalue weighted by atomic mass is 9.97. The van der Waals surface area contributed by atoms with Gasteiger partial charge < -0.3 is 15.4 Å². The highest BCUT2D eigenvalue weighted by Gasteiger charge is 2.19. The molecule has 0 aliphatic rings. The van der Waals surface area contributed by atoms with Crippen LogP contribution in [0, 0.1) is 0 Å². The number of Topliss-reactive ketones (excluding diaryl/α,β-unsaturated/α-hetero) is 1. The minimum absolute atomic E-state index is 0.0347. The predicted octanol–water partition coefficient (Wildman–Crippen LogP) is 3.75. The minimum atomic E-state index is -0.579. The number of hydrogen-bond acceptors (Lipinski definition) is 3. The molecule has 0 bridgehead atoms. The Bertz CT molecular complexity index is 689. The summed E-state index contributed by atoms with van der Waals surface area (Å²) in [5, 5.41) is 9.31. The summed E-state index contributed by atoms with van der Waals surface area (Å²) in [4.78, 5) is 12.6. The van der Waals surface area contributed by atoms with Crippen LogP contribution in [0.25, 0.3) is 0 Å². The first-order chi connectivity index (χ1) is 12.5. The van der Waals surface area contributed by atoms with Crippen molar-refractivity contribution in [2.24, 2.45) is 5.73 Å². The molecular weight excluding hydrogens is 324 g/mol.